The van der Waals surface area contributed by atoms with E-state index >= 15 is 0 Å². The minimum Gasteiger partial charge on any atom is -0.505 e. The van der Waals surface area contributed by atoms with Crippen LogP contribution in [-0.4, -0.2) is 35.6 Å². The number of aromatic hydroxyl groups is 1. The molecular formula is C24H20Cl2N2O5S. The second-order valence-corrected chi connectivity index (χ2v) is 10.6. The molecule has 7 nitrogen and oxygen atoms in total. The number of sulfone groups is 1. The lowest BCUT2D eigenvalue weighted by Crippen LogP contribution is -2.32. The quantitative estimate of drug-likeness (QED) is 0.285. The second kappa shape index (κ2) is 8.96. The molecule has 4 aromatic rings. The first kappa shape index (κ1) is 24.1. The summed E-state index contributed by atoms with van der Waals surface area (Å²) in [6.07, 6.45) is 1.32. The molecule has 176 valence electrons. The van der Waals surface area contributed by atoms with Crippen LogP contribution in [0, 0.1) is 6.92 Å². The van der Waals surface area contributed by atoms with Crippen molar-refractivity contribution in [3.63, 3.8) is 0 Å². The Hall–Kier alpha value is -3.04. The highest BCUT2D eigenvalue weighted by molar-refractivity contribution is 7.91. The van der Waals surface area contributed by atoms with Crippen LogP contribution >= 0.6 is 23.2 Å². The number of aryl methyl sites for hydroxylation is 1. The number of carboxylic acids is 1. The average Bonchev–Trinajstić information content (AvgIpc) is 3.22. The molecule has 10 heteroatoms. The summed E-state index contributed by atoms with van der Waals surface area (Å²) >= 11 is 12.5. The van der Waals surface area contributed by atoms with Crippen LogP contribution in [0.15, 0.2) is 64.5 Å². The van der Waals surface area contributed by atoms with Gasteiger partial charge in [0.15, 0.2) is 5.75 Å². The lowest BCUT2D eigenvalue weighted by molar-refractivity contribution is -0.138. The van der Waals surface area contributed by atoms with Gasteiger partial charge in [-0.25, -0.2) is 8.42 Å². The Kier molecular flexibility index (Phi) is 6.35. The molecule has 0 unspecified atom stereocenters. The third-order valence-corrected chi connectivity index (χ3v) is 8.05. The normalized spacial score (nSPS) is 12.7. The lowest BCUT2D eigenvalue weighted by atomic mass is 9.94. The number of aromatic nitrogens is 1. The number of H-pyrrole nitrogens is 1. The van der Waals surface area contributed by atoms with E-state index in [1.165, 1.54) is 12.3 Å². The number of hydrogen-bond donors (Lipinski definition) is 4. The number of halogens is 2. The largest absolute Gasteiger partial charge is 0.505 e. The maximum Gasteiger partial charge on any atom is 0.320 e. The van der Waals surface area contributed by atoms with Crippen LogP contribution in [0.2, 0.25) is 10.0 Å². The number of carbonyl (C=O) groups is 1. The molecule has 0 spiro atoms. The Morgan fingerprint density at radius 2 is 1.79 bits per heavy atom. The smallest absolute Gasteiger partial charge is 0.320 e. The average molecular weight is 519 g/mol. The molecule has 1 atom stereocenters. The zero-order valence-corrected chi connectivity index (χ0v) is 20.2. The summed E-state index contributed by atoms with van der Waals surface area (Å²) in [5.41, 5.74) is 8.44. The Balaban J connectivity index is 1.91. The van der Waals surface area contributed by atoms with Gasteiger partial charge >= 0.3 is 5.97 Å². The molecule has 1 aromatic heterocycles. The summed E-state index contributed by atoms with van der Waals surface area (Å²) in [5.74, 6) is -1.58. The summed E-state index contributed by atoms with van der Waals surface area (Å²) in [6, 6.07) is 11.7. The molecule has 34 heavy (non-hydrogen) atoms. The number of carboxylic acid groups (broad SMARTS) is 1. The highest BCUT2D eigenvalue weighted by atomic mass is 35.5. The van der Waals surface area contributed by atoms with Gasteiger partial charge in [0.2, 0.25) is 9.84 Å². The standard InChI is InChI=1S/C24H20Cl2N2O5S/c1-12-2-5-15(6-3-12)34(32,33)20-11-28-19-7-4-13(8-16(19)20)21-14(10-18(27)24(30)31)9-17(25)23(29)22(21)26/h2-9,11,18,28-29H,10,27H2,1H3,(H,30,31)/t18-/m0/s1. The van der Waals surface area contributed by atoms with E-state index in [0.29, 0.717) is 27.6 Å². The van der Waals surface area contributed by atoms with Crippen molar-refractivity contribution >= 4 is 49.9 Å². The highest BCUT2D eigenvalue weighted by Gasteiger charge is 2.24. The maximum atomic E-state index is 13.3. The van der Waals surface area contributed by atoms with Gasteiger partial charge in [-0.05, 0) is 54.8 Å². The molecule has 0 aliphatic carbocycles. The van der Waals surface area contributed by atoms with Crippen molar-refractivity contribution < 1.29 is 23.4 Å². The third kappa shape index (κ3) is 4.25. The molecule has 0 aliphatic heterocycles. The van der Waals surface area contributed by atoms with Gasteiger partial charge in [0.05, 0.1) is 19.8 Å². The Labute approximate surface area is 205 Å². The molecule has 0 radical (unpaired) electrons. The number of nitrogens with two attached hydrogens (primary N) is 1. The molecule has 0 saturated carbocycles. The van der Waals surface area contributed by atoms with Crippen molar-refractivity contribution in [2.24, 2.45) is 5.73 Å². The van der Waals surface area contributed by atoms with E-state index in [-0.39, 0.29) is 32.0 Å². The van der Waals surface area contributed by atoms with Crippen molar-refractivity contribution in [1.29, 1.82) is 0 Å². The molecule has 0 bridgehead atoms. The lowest BCUT2D eigenvalue weighted by Gasteiger charge is -2.16. The van der Waals surface area contributed by atoms with Gasteiger partial charge in [-0.2, -0.15) is 0 Å². The van der Waals surface area contributed by atoms with Gasteiger partial charge in [0.25, 0.3) is 0 Å². The third-order valence-electron chi connectivity index (χ3n) is 5.59. The molecule has 3 aromatic carbocycles. The predicted molar refractivity (Wildman–Crippen MR) is 131 cm³/mol. The Bertz CT molecular complexity index is 1530. The van der Waals surface area contributed by atoms with Gasteiger partial charge in [-0.15, -0.1) is 0 Å². The van der Waals surface area contributed by atoms with Crippen LogP contribution in [-0.2, 0) is 21.1 Å². The second-order valence-electron chi connectivity index (χ2n) is 7.93. The fraction of sp³-hybridized carbons (Fsp3) is 0.125. The molecule has 0 fully saturated rings. The predicted octanol–water partition coefficient (Wildman–Crippen LogP) is 4.94. The number of phenols is 1. The van der Waals surface area contributed by atoms with E-state index in [9.17, 15) is 23.4 Å². The number of aliphatic carboxylic acids is 1. The van der Waals surface area contributed by atoms with Gasteiger partial charge < -0.3 is 20.9 Å². The van der Waals surface area contributed by atoms with Crippen LogP contribution in [0.5, 0.6) is 5.75 Å². The van der Waals surface area contributed by atoms with Gasteiger partial charge in [0, 0.05) is 22.7 Å². The van der Waals surface area contributed by atoms with E-state index < -0.39 is 21.8 Å². The molecular weight excluding hydrogens is 499 g/mol. The Morgan fingerprint density at radius 1 is 1.12 bits per heavy atom. The Morgan fingerprint density at radius 3 is 2.44 bits per heavy atom. The topological polar surface area (TPSA) is 133 Å². The van der Waals surface area contributed by atoms with E-state index in [1.54, 1.807) is 42.5 Å². The zero-order chi connectivity index (χ0) is 24.8. The number of nitrogens with one attached hydrogen (secondary N) is 1. The fourth-order valence-corrected chi connectivity index (χ4v) is 5.80. The summed E-state index contributed by atoms with van der Waals surface area (Å²) < 4.78 is 26.7. The monoisotopic (exact) mass is 518 g/mol. The van der Waals surface area contributed by atoms with Crippen molar-refractivity contribution in [3.8, 4) is 16.9 Å². The van der Waals surface area contributed by atoms with Crippen LogP contribution in [0.4, 0.5) is 0 Å². The van der Waals surface area contributed by atoms with Crippen molar-refractivity contribution in [3.05, 3.63) is 75.9 Å². The molecule has 5 N–H and O–H groups in total. The summed E-state index contributed by atoms with van der Waals surface area (Å²) in [4.78, 5) is 14.5. The summed E-state index contributed by atoms with van der Waals surface area (Å²) in [6.45, 7) is 1.87. The van der Waals surface area contributed by atoms with E-state index in [1.807, 2.05) is 6.92 Å². The molecule has 4 rings (SSSR count). The number of aromatic amines is 1. The number of rotatable bonds is 6. The zero-order valence-electron chi connectivity index (χ0n) is 17.8. The first-order valence-electron chi connectivity index (χ1n) is 10.1. The van der Waals surface area contributed by atoms with Crippen LogP contribution < -0.4 is 5.73 Å². The van der Waals surface area contributed by atoms with Gasteiger partial charge in [0.1, 0.15) is 6.04 Å². The number of benzene rings is 3. The molecule has 1 heterocycles. The summed E-state index contributed by atoms with van der Waals surface area (Å²) in [7, 11) is -3.84. The molecule has 0 aliphatic rings. The maximum absolute atomic E-state index is 13.3. The molecule has 0 saturated heterocycles. The fourth-order valence-electron chi connectivity index (χ4n) is 3.77. The van der Waals surface area contributed by atoms with Crippen LogP contribution in [0.1, 0.15) is 11.1 Å². The van der Waals surface area contributed by atoms with Crippen molar-refractivity contribution in [1.82, 2.24) is 4.98 Å². The minimum absolute atomic E-state index is 0.0494. The highest BCUT2D eigenvalue weighted by Crippen LogP contribution is 2.43. The molecule has 0 amide bonds. The SMILES string of the molecule is Cc1ccc(S(=O)(=O)c2c[nH]c3ccc(-c4c(C[C@H](N)C(=O)O)cc(Cl)c(O)c4Cl)cc23)cc1. The van der Waals surface area contributed by atoms with Gasteiger partial charge in [-0.3, -0.25) is 4.79 Å². The first-order chi connectivity index (χ1) is 16.0. The van der Waals surface area contributed by atoms with E-state index in [4.69, 9.17) is 28.9 Å². The van der Waals surface area contributed by atoms with Crippen molar-refractivity contribution in [2.75, 3.05) is 0 Å². The van der Waals surface area contributed by atoms with Crippen LogP contribution in [0.25, 0.3) is 22.0 Å². The van der Waals surface area contributed by atoms with Crippen molar-refractivity contribution in [2.45, 2.75) is 29.2 Å². The first-order valence-corrected chi connectivity index (χ1v) is 12.4. The van der Waals surface area contributed by atoms with E-state index in [0.717, 1.165) is 5.56 Å². The number of hydrogen-bond acceptors (Lipinski definition) is 5. The number of fused-ring (bicyclic) bond motifs is 1. The summed E-state index contributed by atoms with van der Waals surface area (Å²) in [5, 5.41) is 19.9. The minimum atomic E-state index is -3.84. The van der Waals surface area contributed by atoms with Crippen LogP contribution in [0.3, 0.4) is 0 Å². The van der Waals surface area contributed by atoms with Gasteiger partial charge in [-0.1, -0.05) is 47.0 Å². The van der Waals surface area contributed by atoms with E-state index in [2.05, 4.69) is 4.98 Å². The number of phenolic OH excluding ortho intramolecular Hbond substituents is 1.